The largest absolute Gasteiger partial charge is 0.374 e. The van der Waals surface area contributed by atoms with Crippen molar-refractivity contribution < 1.29 is 4.74 Å². The van der Waals surface area contributed by atoms with Gasteiger partial charge in [-0.25, -0.2) is 0 Å². The highest BCUT2D eigenvalue weighted by molar-refractivity contribution is 9.10. The first-order valence-electron chi connectivity index (χ1n) is 7.39. The van der Waals surface area contributed by atoms with Crippen molar-refractivity contribution in [1.29, 1.82) is 0 Å². The van der Waals surface area contributed by atoms with Crippen LogP contribution in [0.1, 0.15) is 45.0 Å². The highest BCUT2D eigenvalue weighted by Gasteiger charge is 2.38. The van der Waals surface area contributed by atoms with Crippen LogP contribution < -0.4 is 11.3 Å². The molecule has 0 amide bonds. The van der Waals surface area contributed by atoms with E-state index < -0.39 is 0 Å². The average molecular weight is 345 g/mol. The molecule has 1 aliphatic heterocycles. The van der Waals surface area contributed by atoms with Gasteiger partial charge in [0.25, 0.3) is 0 Å². The molecule has 2 rings (SSSR count). The molecule has 2 heterocycles. The molecule has 0 radical (unpaired) electrons. The average Bonchev–Trinajstić information content (AvgIpc) is 3.01. The highest BCUT2D eigenvalue weighted by Crippen LogP contribution is 2.32. The van der Waals surface area contributed by atoms with Crippen molar-refractivity contribution in [1.82, 2.24) is 15.2 Å². The molecule has 1 aliphatic rings. The zero-order valence-corrected chi connectivity index (χ0v) is 14.2. The van der Waals surface area contributed by atoms with Crippen LogP contribution in [0.4, 0.5) is 0 Å². The molecule has 1 aromatic heterocycles. The summed E-state index contributed by atoms with van der Waals surface area (Å²) < 4.78 is 9.10. The SMILES string of the molecule is CCc1nn(CC)c(CC(NN)C2(C)CCCO2)c1Br. The predicted molar refractivity (Wildman–Crippen MR) is 83.4 cm³/mol. The Morgan fingerprint density at radius 2 is 2.30 bits per heavy atom. The first-order chi connectivity index (χ1) is 9.55. The van der Waals surface area contributed by atoms with Gasteiger partial charge in [-0.2, -0.15) is 5.10 Å². The van der Waals surface area contributed by atoms with E-state index in [9.17, 15) is 0 Å². The minimum Gasteiger partial charge on any atom is -0.374 e. The Labute approximate surface area is 129 Å². The Hall–Kier alpha value is -0.430. The van der Waals surface area contributed by atoms with Gasteiger partial charge in [0.2, 0.25) is 0 Å². The molecule has 0 aromatic carbocycles. The standard InChI is InChI=1S/C14H25BrN4O/c1-4-10-13(15)11(19(5-2)18-10)9-12(17-16)14(3)7-6-8-20-14/h12,17H,4-9,16H2,1-3H3. The fourth-order valence-electron chi connectivity index (χ4n) is 2.93. The van der Waals surface area contributed by atoms with Gasteiger partial charge in [-0.15, -0.1) is 0 Å². The molecule has 1 aromatic rings. The van der Waals surface area contributed by atoms with E-state index in [1.165, 1.54) is 5.69 Å². The lowest BCUT2D eigenvalue weighted by Gasteiger charge is -2.33. The number of hydrogen-bond donors (Lipinski definition) is 2. The Bertz CT molecular complexity index is 454. The van der Waals surface area contributed by atoms with E-state index >= 15 is 0 Å². The van der Waals surface area contributed by atoms with Gasteiger partial charge in [0.15, 0.2) is 0 Å². The zero-order valence-electron chi connectivity index (χ0n) is 12.6. The molecule has 20 heavy (non-hydrogen) atoms. The molecule has 2 unspecified atom stereocenters. The molecular formula is C14H25BrN4O. The second kappa shape index (κ2) is 6.56. The van der Waals surface area contributed by atoms with E-state index in [2.05, 4.69) is 51.9 Å². The van der Waals surface area contributed by atoms with Gasteiger partial charge >= 0.3 is 0 Å². The number of halogens is 1. The topological polar surface area (TPSA) is 65.1 Å². The number of aromatic nitrogens is 2. The maximum Gasteiger partial charge on any atom is 0.0824 e. The lowest BCUT2D eigenvalue weighted by atomic mass is 9.90. The van der Waals surface area contributed by atoms with Crippen molar-refractivity contribution in [2.75, 3.05) is 6.61 Å². The molecule has 1 saturated heterocycles. The van der Waals surface area contributed by atoms with Crippen molar-refractivity contribution in [2.45, 2.75) is 64.6 Å². The van der Waals surface area contributed by atoms with Gasteiger partial charge in [-0.05, 0) is 49.0 Å². The summed E-state index contributed by atoms with van der Waals surface area (Å²) in [5, 5.41) is 4.64. The smallest absolute Gasteiger partial charge is 0.0824 e. The molecule has 1 fully saturated rings. The van der Waals surface area contributed by atoms with Crippen LogP contribution >= 0.6 is 15.9 Å². The summed E-state index contributed by atoms with van der Waals surface area (Å²) in [7, 11) is 0. The van der Waals surface area contributed by atoms with Crippen molar-refractivity contribution in [2.24, 2.45) is 5.84 Å². The summed E-state index contributed by atoms with van der Waals surface area (Å²) in [6, 6.07) is 0.0907. The Balaban J connectivity index is 2.25. The Kier molecular flexibility index (Phi) is 5.23. The van der Waals surface area contributed by atoms with E-state index in [4.69, 9.17) is 10.6 Å². The minimum atomic E-state index is -0.191. The molecule has 0 aliphatic carbocycles. The predicted octanol–water partition coefficient (Wildman–Crippen LogP) is 2.17. The number of rotatable bonds is 6. The third kappa shape index (κ3) is 2.93. The first kappa shape index (κ1) is 15.9. The number of ether oxygens (including phenoxy) is 1. The second-order valence-corrected chi connectivity index (χ2v) is 6.36. The van der Waals surface area contributed by atoms with Crippen LogP contribution in [0.15, 0.2) is 4.47 Å². The van der Waals surface area contributed by atoms with Crippen molar-refractivity contribution >= 4 is 15.9 Å². The molecule has 6 heteroatoms. The van der Waals surface area contributed by atoms with Crippen LogP contribution in [0.2, 0.25) is 0 Å². The first-order valence-corrected chi connectivity index (χ1v) is 8.19. The molecule has 0 bridgehead atoms. The molecule has 5 nitrogen and oxygen atoms in total. The van der Waals surface area contributed by atoms with E-state index in [-0.39, 0.29) is 11.6 Å². The number of nitrogens with zero attached hydrogens (tertiary/aromatic N) is 2. The molecule has 114 valence electrons. The van der Waals surface area contributed by atoms with E-state index in [0.717, 1.165) is 49.0 Å². The fourth-order valence-corrected chi connectivity index (χ4v) is 3.66. The number of aryl methyl sites for hydroxylation is 2. The number of nitrogens with one attached hydrogen (secondary N) is 1. The van der Waals surface area contributed by atoms with E-state index in [0.29, 0.717) is 0 Å². The van der Waals surface area contributed by atoms with Gasteiger partial charge in [0.05, 0.1) is 27.5 Å². The molecule has 0 saturated carbocycles. The van der Waals surface area contributed by atoms with Gasteiger partial charge in [0, 0.05) is 19.6 Å². The van der Waals surface area contributed by atoms with Crippen LogP contribution in [0, 0.1) is 0 Å². The molecular weight excluding hydrogens is 320 g/mol. The lowest BCUT2D eigenvalue weighted by Crippen LogP contribution is -2.52. The van der Waals surface area contributed by atoms with Gasteiger partial charge < -0.3 is 4.74 Å². The monoisotopic (exact) mass is 344 g/mol. The molecule has 3 N–H and O–H groups in total. The summed E-state index contributed by atoms with van der Waals surface area (Å²) in [6.45, 7) is 8.07. The third-order valence-corrected chi connectivity index (χ3v) is 5.19. The second-order valence-electron chi connectivity index (χ2n) is 5.56. The lowest BCUT2D eigenvalue weighted by molar-refractivity contribution is -0.0120. The summed E-state index contributed by atoms with van der Waals surface area (Å²) in [5.74, 6) is 5.79. The van der Waals surface area contributed by atoms with E-state index in [1.54, 1.807) is 0 Å². The summed E-state index contributed by atoms with van der Waals surface area (Å²) in [5.41, 5.74) is 5.07. The molecule has 2 atom stereocenters. The van der Waals surface area contributed by atoms with Crippen LogP contribution in [0.25, 0.3) is 0 Å². The highest BCUT2D eigenvalue weighted by atomic mass is 79.9. The third-order valence-electron chi connectivity index (χ3n) is 4.28. The van der Waals surface area contributed by atoms with Gasteiger partial charge in [-0.1, -0.05) is 6.92 Å². The number of hydrogen-bond acceptors (Lipinski definition) is 4. The van der Waals surface area contributed by atoms with Gasteiger partial charge in [0.1, 0.15) is 0 Å². The molecule has 0 spiro atoms. The quantitative estimate of drug-likeness (QED) is 0.613. The zero-order chi connectivity index (χ0) is 14.8. The maximum absolute atomic E-state index is 5.92. The summed E-state index contributed by atoms with van der Waals surface area (Å²) >= 11 is 3.69. The van der Waals surface area contributed by atoms with E-state index in [1.807, 2.05) is 0 Å². The Morgan fingerprint density at radius 3 is 2.80 bits per heavy atom. The minimum absolute atomic E-state index is 0.0907. The van der Waals surface area contributed by atoms with Crippen LogP contribution in [-0.2, 0) is 24.1 Å². The van der Waals surface area contributed by atoms with Crippen molar-refractivity contribution in [3.05, 3.63) is 15.9 Å². The van der Waals surface area contributed by atoms with Crippen LogP contribution in [0.5, 0.6) is 0 Å². The van der Waals surface area contributed by atoms with Crippen molar-refractivity contribution in [3.8, 4) is 0 Å². The normalized spacial score (nSPS) is 24.2. The van der Waals surface area contributed by atoms with Gasteiger partial charge in [-0.3, -0.25) is 16.0 Å². The summed E-state index contributed by atoms with van der Waals surface area (Å²) in [6.07, 6.45) is 3.88. The Morgan fingerprint density at radius 1 is 1.55 bits per heavy atom. The maximum atomic E-state index is 5.92. The number of hydrazine groups is 1. The van der Waals surface area contributed by atoms with Crippen LogP contribution in [-0.4, -0.2) is 28.0 Å². The van der Waals surface area contributed by atoms with Crippen molar-refractivity contribution in [3.63, 3.8) is 0 Å². The summed E-state index contributed by atoms with van der Waals surface area (Å²) in [4.78, 5) is 0. The van der Waals surface area contributed by atoms with Crippen LogP contribution in [0.3, 0.4) is 0 Å². The number of nitrogens with two attached hydrogens (primary N) is 1. The fraction of sp³-hybridized carbons (Fsp3) is 0.786.